The molecule has 182 valence electrons. The molecule has 0 bridgehead atoms. The average molecular weight is 537 g/mol. The molecule has 8 nitrogen and oxygen atoms in total. The number of rotatable bonds is 11. The van der Waals surface area contributed by atoms with Crippen molar-refractivity contribution < 1.29 is 49.0 Å². The van der Waals surface area contributed by atoms with Crippen LogP contribution in [-0.2, 0) is 9.53 Å². The molecule has 0 aliphatic carbocycles. The van der Waals surface area contributed by atoms with Crippen LogP contribution in [0.1, 0.15) is 22.3 Å². The molecule has 3 rings (SSSR count). The van der Waals surface area contributed by atoms with Crippen LogP contribution in [0, 0.1) is 0 Å². The molecule has 0 fully saturated rings. The molecule has 0 radical (unpaired) electrons. The molecule has 0 spiro atoms. The van der Waals surface area contributed by atoms with Crippen molar-refractivity contribution in [2.24, 2.45) is 0 Å². The van der Waals surface area contributed by atoms with Crippen molar-refractivity contribution in [2.75, 3.05) is 25.2 Å². The van der Waals surface area contributed by atoms with Crippen LogP contribution in [0.25, 0.3) is 6.08 Å². The first kappa shape index (κ1) is 29.8. The van der Waals surface area contributed by atoms with E-state index in [0.29, 0.717) is 19.1 Å². The number of aromatic nitrogens is 2. The number of amides is 1. The predicted octanol–water partition coefficient (Wildman–Crippen LogP) is 0.524. The van der Waals surface area contributed by atoms with E-state index in [1.54, 1.807) is 43.8 Å². The summed E-state index contributed by atoms with van der Waals surface area (Å²) in [6.45, 7) is 1.06. The molecular formula is C25H23Cl2N4NaO4. The quantitative estimate of drug-likeness (QED) is 0.356. The Morgan fingerprint density at radius 1 is 1.08 bits per heavy atom. The number of carboxylic acids is 1. The second-order valence-corrected chi connectivity index (χ2v) is 8.18. The van der Waals surface area contributed by atoms with Crippen LogP contribution in [0.15, 0.2) is 67.0 Å². The number of benzene rings is 2. The van der Waals surface area contributed by atoms with E-state index in [1.807, 2.05) is 29.2 Å². The van der Waals surface area contributed by atoms with E-state index < -0.39 is 17.9 Å². The Hall–Kier alpha value is -2.46. The molecule has 0 aliphatic heterocycles. The summed E-state index contributed by atoms with van der Waals surface area (Å²) >= 11 is 12.1. The van der Waals surface area contributed by atoms with Crippen molar-refractivity contribution in [3.05, 3.63) is 88.2 Å². The number of nitrogens with zero attached hydrogens (tertiary/aromatic N) is 3. The Bertz CT molecular complexity index is 1160. The number of aliphatic carboxylic acids is 1. The van der Waals surface area contributed by atoms with Crippen LogP contribution in [0.2, 0.25) is 10.0 Å². The summed E-state index contributed by atoms with van der Waals surface area (Å²) in [7, 11) is 1.63. The average Bonchev–Trinajstić information content (AvgIpc) is 2.85. The molecule has 0 saturated carbocycles. The van der Waals surface area contributed by atoms with E-state index in [4.69, 9.17) is 27.9 Å². The molecular weight excluding hydrogens is 514 g/mol. The molecule has 1 amide bonds. The van der Waals surface area contributed by atoms with Gasteiger partial charge in [-0.3, -0.25) is 4.79 Å². The van der Waals surface area contributed by atoms with Crippen molar-refractivity contribution in [1.82, 2.24) is 15.3 Å². The van der Waals surface area contributed by atoms with Crippen LogP contribution in [0.5, 0.6) is 0 Å². The summed E-state index contributed by atoms with van der Waals surface area (Å²) in [6.07, 6.45) is 6.76. The van der Waals surface area contributed by atoms with E-state index in [2.05, 4.69) is 15.3 Å². The van der Waals surface area contributed by atoms with Crippen molar-refractivity contribution in [1.29, 1.82) is 0 Å². The molecule has 11 heteroatoms. The minimum Gasteiger partial charge on any atom is -0.548 e. The molecule has 1 atom stereocenters. The van der Waals surface area contributed by atoms with Crippen LogP contribution < -0.4 is 44.9 Å². The van der Waals surface area contributed by atoms with E-state index in [-0.39, 0.29) is 51.6 Å². The van der Waals surface area contributed by atoms with Gasteiger partial charge in [-0.05, 0) is 42.3 Å². The van der Waals surface area contributed by atoms with Gasteiger partial charge in [0, 0.05) is 31.7 Å². The normalized spacial score (nSPS) is 11.5. The summed E-state index contributed by atoms with van der Waals surface area (Å²) in [5, 5.41) is 14.2. The molecule has 1 unspecified atom stereocenters. The van der Waals surface area contributed by atoms with Crippen molar-refractivity contribution >= 4 is 52.8 Å². The Labute approximate surface area is 241 Å². The summed E-state index contributed by atoms with van der Waals surface area (Å²) in [6, 6.07) is 12.7. The largest absolute Gasteiger partial charge is 1.00 e. The molecule has 1 heterocycles. The second kappa shape index (κ2) is 14.9. The Morgan fingerprint density at radius 3 is 2.31 bits per heavy atom. The van der Waals surface area contributed by atoms with Gasteiger partial charge in [0.2, 0.25) is 5.95 Å². The third kappa shape index (κ3) is 8.30. The van der Waals surface area contributed by atoms with Gasteiger partial charge in [0.25, 0.3) is 5.91 Å². The maximum Gasteiger partial charge on any atom is 1.00 e. The van der Waals surface area contributed by atoms with Gasteiger partial charge in [-0.2, -0.15) is 0 Å². The van der Waals surface area contributed by atoms with Crippen molar-refractivity contribution in [3.63, 3.8) is 0 Å². The molecule has 3 aromatic rings. The van der Waals surface area contributed by atoms with Crippen LogP contribution in [0.4, 0.5) is 11.6 Å². The third-order valence-corrected chi connectivity index (χ3v) is 5.61. The van der Waals surface area contributed by atoms with E-state index >= 15 is 0 Å². The zero-order chi connectivity index (χ0) is 25.2. The summed E-state index contributed by atoms with van der Waals surface area (Å²) < 4.78 is 5.20. The number of ether oxygens (including phenoxy) is 1. The minimum absolute atomic E-state index is 0. The SMILES string of the molecule is COCCN(c1ccc(/C=C/CC(NC(=O)c2c(Cl)cccc2Cl)C(=O)[O-])cc1)c1ncccn1.[Na+]. The van der Waals surface area contributed by atoms with Gasteiger partial charge < -0.3 is 24.9 Å². The molecule has 1 N–H and O–H groups in total. The first-order valence-corrected chi connectivity index (χ1v) is 11.4. The third-order valence-electron chi connectivity index (χ3n) is 4.98. The van der Waals surface area contributed by atoms with Crippen LogP contribution in [0.3, 0.4) is 0 Å². The zero-order valence-corrected chi connectivity index (χ0v) is 23.4. The maximum atomic E-state index is 12.5. The number of carbonyl (C=O) groups is 2. The van der Waals surface area contributed by atoms with Gasteiger partial charge in [0.05, 0.1) is 34.2 Å². The van der Waals surface area contributed by atoms with Crippen LogP contribution in [-0.4, -0.2) is 48.1 Å². The molecule has 2 aromatic carbocycles. The summed E-state index contributed by atoms with van der Waals surface area (Å²) in [5.74, 6) is -1.55. The maximum absolute atomic E-state index is 12.5. The van der Waals surface area contributed by atoms with E-state index in [1.165, 1.54) is 12.1 Å². The Kier molecular flexibility index (Phi) is 12.4. The predicted molar refractivity (Wildman–Crippen MR) is 134 cm³/mol. The zero-order valence-electron chi connectivity index (χ0n) is 19.9. The number of hydrogen-bond acceptors (Lipinski definition) is 7. The van der Waals surface area contributed by atoms with Gasteiger partial charge in [0.1, 0.15) is 0 Å². The number of hydrogen-bond donors (Lipinski definition) is 1. The fourth-order valence-electron chi connectivity index (χ4n) is 3.22. The first-order valence-electron chi connectivity index (χ1n) is 10.7. The number of methoxy groups -OCH3 is 1. The van der Waals surface area contributed by atoms with Gasteiger partial charge in [-0.15, -0.1) is 0 Å². The second-order valence-electron chi connectivity index (χ2n) is 7.36. The first-order chi connectivity index (χ1) is 16.9. The number of anilines is 2. The van der Waals surface area contributed by atoms with Crippen LogP contribution >= 0.6 is 23.2 Å². The topological polar surface area (TPSA) is 107 Å². The standard InChI is InChI=1S/C25H24Cl2N4O4.Na/c1-35-16-15-31(25-28-13-4-14-29-25)18-11-9-17(10-12-18)5-2-8-21(24(33)34)30-23(32)22-19(26)6-3-7-20(22)27;/h2-7,9-14,21H,8,15-16H2,1H3,(H,30,32)(H,33,34);/q;+1/p-1/b5-2+;. The summed E-state index contributed by atoms with van der Waals surface area (Å²) in [4.78, 5) is 34.6. The monoisotopic (exact) mass is 536 g/mol. The molecule has 0 aliphatic rings. The fourth-order valence-corrected chi connectivity index (χ4v) is 3.79. The smallest absolute Gasteiger partial charge is 0.548 e. The number of carbonyl (C=O) groups excluding carboxylic acids is 2. The van der Waals surface area contributed by atoms with Crippen molar-refractivity contribution in [2.45, 2.75) is 12.5 Å². The van der Waals surface area contributed by atoms with Gasteiger partial charge in [-0.25, -0.2) is 9.97 Å². The molecule has 36 heavy (non-hydrogen) atoms. The van der Waals surface area contributed by atoms with E-state index in [9.17, 15) is 14.7 Å². The van der Waals surface area contributed by atoms with Gasteiger partial charge >= 0.3 is 29.6 Å². The minimum atomic E-state index is -1.42. The number of nitrogens with one attached hydrogen (secondary N) is 1. The van der Waals surface area contributed by atoms with Crippen molar-refractivity contribution in [3.8, 4) is 0 Å². The summed E-state index contributed by atoms with van der Waals surface area (Å²) in [5.41, 5.74) is 1.73. The van der Waals surface area contributed by atoms with Gasteiger partial charge in [-0.1, -0.05) is 53.6 Å². The Balaban J connectivity index is 0.00000456. The Morgan fingerprint density at radius 2 is 1.72 bits per heavy atom. The molecule has 1 aromatic heterocycles. The van der Waals surface area contributed by atoms with Gasteiger partial charge in [0.15, 0.2) is 0 Å². The van der Waals surface area contributed by atoms with E-state index in [0.717, 1.165) is 11.3 Å². The number of halogens is 2. The number of carboxylic acid groups (broad SMARTS) is 1. The fraction of sp³-hybridized carbons (Fsp3) is 0.200. The molecule has 0 saturated heterocycles.